The summed E-state index contributed by atoms with van der Waals surface area (Å²) >= 11 is 5.63. The molecule has 0 rings (SSSR count). The fraction of sp³-hybridized carbons (Fsp3) is 0.714. The first-order valence-corrected chi connectivity index (χ1v) is 3.42. The first-order chi connectivity index (χ1) is 3.92. The van der Waals surface area contributed by atoms with E-state index >= 15 is 0 Å². The van der Waals surface area contributed by atoms with Gasteiger partial charge in [-0.05, 0) is 13.0 Å². The Morgan fingerprint density at radius 2 is 1.89 bits per heavy atom. The maximum Gasteiger partial charge on any atom is 0.0981 e. The number of allylic oxidation sites excluding steroid dienone is 1. The van der Waals surface area contributed by atoms with E-state index in [2.05, 4.69) is 21.1 Å². The van der Waals surface area contributed by atoms with Crippen molar-refractivity contribution in [3.8, 4) is 0 Å². The molecule has 0 radical (unpaired) electrons. The average molecular weight is 149 g/mol. The molecule has 0 spiro atoms. The van der Waals surface area contributed by atoms with Gasteiger partial charge >= 0.3 is 0 Å². The first kappa shape index (κ1) is 8.99. The Bertz CT molecular complexity index is 107. The Morgan fingerprint density at radius 1 is 1.44 bits per heavy atom. The molecule has 1 nitrogen and oxygen atoms in total. The zero-order chi connectivity index (χ0) is 7.49. The van der Waals surface area contributed by atoms with Crippen molar-refractivity contribution in [2.24, 2.45) is 0 Å². The smallest absolute Gasteiger partial charge is 0.0981 e. The number of likely N-dealkylation sites (N-methyl/N-ethyl adjacent to an activating group) is 1. The van der Waals surface area contributed by atoms with E-state index in [0.717, 1.165) is 16.1 Å². The van der Waals surface area contributed by atoms with Gasteiger partial charge in [0.15, 0.2) is 0 Å². The number of quaternary nitrogens is 1. The molecule has 0 fully saturated rings. The summed E-state index contributed by atoms with van der Waals surface area (Å²) in [6.45, 7) is 2.90. The van der Waals surface area contributed by atoms with Crippen LogP contribution in [-0.2, 0) is 0 Å². The molecule has 0 aliphatic heterocycles. The molecule has 9 heavy (non-hydrogen) atoms. The SMILES string of the molecule is C/C(Cl)=C\C[N+](C)(C)C. The van der Waals surface area contributed by atoms with Gasteiger partial charge in [-0.1, -0.05) is 11.6 Å². The van der Waals surface area contributed by atoms with Crippen molar-refractivity contribution in [1.82, 2.24) is 0 Å². The third-order valence-corrected chi connectivity index (χ3v) is 1.07. The molecular formula is C7H15ClN+. The summed E-state index contributed by atoms with van der Waals surface area (Å²) in [4.78, 5) is 0. The van der Waals surface area contributed by atoms with Crippen LogP contribution in [0.3, 0.4) is 0 Å². The van der Waals surface area contributed by atoms with Gasteiger partial charge in [0.1, 0.15) is 0 Å². The van der Waals surface area contributed by atoms with Crippen LogP contribution in [0.5, 0.6) is 0 Å². The predicted octanol–water partition coefficient (Wildman–Crippen LogP) is 1.84. The minimum atomic E-state index is 0.878. The molecule has 0 saturated carbocycles. The molecule has 0 amide bonds. The van der Waals surface area contributed by atoms with Crippen LogP contribution in [0.15, 0.2) is 11.1 Å². The molecule has 0 atom stereocenters. The lowest BCUT2D eigenvalue weighted by Crippen LogP contribution is -2.34. The molecule has 0 aromatic carbocycles. The van der Waals surface area contributed by atoms with Crippen LogP contribution < -0.4 is 0 Å². The molecule has 0 bridgehead atoms. The summed E-state index contributed by atoms with van der Waals surface area (Å²) in [6.07, 6.45) is 2.03. The van der Waals surface area contributed by atoms with Crippen molar-refractivity contribution < 1.29 is 4.48 Å². The van der Waals surface area contributed by atoms with Gasteiger partial charge in [0.2, 0.25) is 0 Å². The Morgan fingerprint density at radius 3 is 2.00 bits per heavy atom. The fourth-order valence-electron chi connectivity index (χ4n) is 0.400. The Kier molecular flexibility index (Phi) is 3.23. The highest BCUT2D eigenvalue weighted by Crippen LogP contribution is 1.99. The molecule has 0 aliphatic carbocycles. The number of rotatable bonds is 2. The third-order valence-electron chi connectivity index (χ3n) is 0.920. The zero-order valence-electron chi connectivity index (χ0n) is 6.61. The molecule has 0 aromatic rings. The lowest BCUT2D eigenvalue weighted by molar-refractivity contribution is -0.864. The lowest BCUT2D eigenvalue weighted by Gasteiger charge is -2.21. The maximum absolute atomic E-state index is 5.63. The summed E-state index contributed by atoms with van der Waals surface area (Å²) in [5, 5.41) is 0.878. The predicted molar refractivity (Wildman–Crippen MR) is 42.5 cm³/mol. The van der Waals surface area contributed by atoms with E-state index in [1.807, 2.05) is 13.0 Å². The topological polar surface area (TPSA) is 0 Å². The second-order valence-electron chi connectivity index (χ2n) is 3.26. The summed E-state index contributed by atoms with van der Waals surface area (Å²) in [5.74, 6) is 0. The van der Waals surface area contributed by atoms with Crippen LogP contribution in [0.25, 0.3) is 0 Å². The minimum absolute atomic E-state index is 0.878. The summed E-state index contributed by atoms with van der Waals surface area (Å²) in [6, 6.07) is 0. The first-order valence-electron chi connectivity index (χ1n) is 3.04. The van der Waals surface area contributed by atoms with Gasteiger partial charge in [-0.25, -0.2) is 0 Å². The summed E-state index contributed by atoms with van der Waals surface area (Å²) < 4.78 is 0.935. The average Bonchev–Trinajstić information content (AvgIpc) is 1.59. The molecule has 0 heterocycles. The Labute approximate surface area is 62.5 Å². The Balaban J connectivity index is 3.64. The number of nitrogens with zero attached hydrogens (tertiary/aromatic N) is 1. The summed E-state index contributed by atoms with van der Waals surface area (Å²) in [5.41, 5.74) is 0. The van der Waals surface area contributed by atoms with Crippen molar-refractivity contribution in [3.63, 3.8) is 0 Å². The molecule has 54 valence electrons. The lowest BCUT2D eigenvalue weighted by atomic mass is 10.4. The van der Waals surface area contributed by atoms with Crippen LogP contribution in [0.2, 0.25) is 0 Å². The van der Waals surface area contributed by atoms with E-state index in [1.54, 1.807) is 0 Å². The van der Waals surface area contributed by atoms with Crippen LogP contribution in [0.1, 0.15) is 6.92 Å². The second kappa shape index (κ2) is 3.23. The molecule has 0 saturated heterocycles. The van der Waals surface area contributed by atoms with Crippen molar-refractivity contribution in [2.45, 2.75) is 6.92 Å². The van der Waals surface area contributed by atoms with Gasteiger partial charge < -0.3 is 4.48 Å². The maximum atomic E-state index is 5.63. The molecule has 0 aliphatic rings. The number of hydrogen-bond donors (Lipinski definition) is 0. The van der Waals surface area contributed by atoms with E-state index in [-0.39, 0.29) is 0 Å². The minimum Gasteiger partial charge on any atom is -0.328 e. The molecule has 2 heteroatoms. The summed E-state index contributed by atoms with van der Waals surface area (Å²) in [7, 11) is 6.41. The van der Waals surface area contributed by atoms with Gasteiger partial charge in [-0.15, -0.1) is 0 Å². The normalized spacial score (nSPS) is 14.1. The standard InChI is InChI=1S/C7H15ClN/c1-7(8)5-6-9(2,3)4/h5H,6H2,1-4H3/q+1/b7-5+. The van der Waals surface area contributed by atoms with Crippen LogP contribution in [0, 0.1) is 0 Å². The van der Waals surface area contributed by atoms with Gasteiger partial charge in [-0.2, -0.15) is 0 Å². The monoisotopic (exact) mass is 148 g/mol. The van der Waals surface area contributed by atoms with E-state index < -0.39 is 0 Å². The van der Waals surface area contributed by atoms with Gasteiger partial charge in [0, 0.05) is 5.03 Å². The van der Waals surface area contributed by atoms with E-state index in [1.165, 1.54) is 0 Å². The van der Waals surface area contributed by atoms with Gasteiger partial charge in [0.05, 0.1) is 27.7 Å². The van der Waals surface area contributed by atoms with E-state index in [4.69, 9.17) is 11.6 Å². The molecular weight excluding hydrogens is 134 g/mol. The largest absolute Gasteiger partial charge is 0.328 e. The number of halogens is 1. The molecule has 0 unspecified atom stereocenters. The van der Waals surface area contributed by atoms with Crippen molar-refractivity contribution >= 4 is 11.6 Å². The van der Waals surface area contributed by atoms with Gasteiger partial charge in [-0.3, -0.25) is 0 Å². The van der Waals surface area contributed by atoms with E-state index in [0.29, 0.717) is 0 Å². The molecule has 0 aromatic heterocycles. The second-order valence-corrected chi connectivity index (χ2v) is 3.86. The van der Waals surface area contributed by atoms with Crippen LogP contribution in [0.4, 0.5) is 0 Å². The van der Waals surface area contributed by atoms with E-state index in [9.17, 15) is 0 Å². The quantitative estimate of drug-likeness (QED) is 0.525. The Hall–Kier alpha value is -0.0100. The van der Waals surface area contributed by atoms with Gasteiger partial charge in [0.25, 0.3) is 0 Å². The van der Waals surface area contributed by atoms with Crippen molar-refractivity contribution in [2.75, 3.05) is 27.7 Å². The van der Waals surface area contributed by atoms with Crippen molar-refractivity contribution in [1.29, 1.82) is 0 Å². The third kappa shape index (κ3) is 7.99. The van der Waals surface area contributed by atoms with Crippen LogP contribution >= 0.6 is 11.6 Å². The number of hydrogen-bond acceptors (Lipinski definition) is 0. The fourth-order valence-corrected chi connectivity index (χ4v) is 0.469. The highest BCUT2D eigenvalue weighted by atomic mass is 35.5. The highest BCUT2D eigenvalue weighted by molar-refractivity contribution is 6.29. The highest BCUT2D eigenvalue weighted by Gasteiger charge is 2.01. The van der Waals surface area contributed by atoms with Crippen LogP contribution in [-0.4, -0.2) is 32.2 Å². The van der Waals surface area contributed by atoms with Crippen molar-refractivity contribution in [3.05, 3.63) is 11.1 Å². The zero-order valence-corrected chi connectivity index (χ0v) is 7.37. The molecule has 0 N–H and O–H groups in total.